The fraction of sp³-hybridized carbons (Fsp3) is 0.884. The van der Waals surface area contributed by atoms with E-state index in [0.29, 0.717) is 41.5 Å². The van der Waals surface area contributed by atoms with Gasteiger partial charge in [-0.2, -0.15) is 0 Å². The molecule has 290 valence electrons. The summed E-state index contributed by atoms with van der Waals surface area (Å²) in [6.45, 7) is 21.4. The molecule has 0 spiro atoms. The first-order valence-corrected chi connectivity index (χ1v) is 21.0. The number of likely N-dealkylation sites (tertiary alicyclic amines) is 1. The summed E-state index contributed by atoms with van der Waals surface area (Å²) in [5.74, 6) is 3.94. The number of piperidine rings is 1. The van der Waals surface area contributed by atoms with Gasteiger partial charge in [-0.3, -0.25) is 14.4 Å². The zero-order chi connectivity index (χ0) is 37.6. The van der Waals surface area contributed by atoms with E-state index in [2.05, 4.69) is 68.1 Å². The van der Waals surface area contributed by atoms with Gasteiger partial charge in [-0.15, -0.1) is 10.2 Å². The molecule has 7 rings (SSSR count). The second kappa shape index (κ2) is 13.1. The predicted octanol–water partition coefficient (Wildman–Crippen LogP) is 8.75. The molecule has 9 heteroatoms. The highest BCUT2D eigenvalue weighted by Crippen LogP contribution is 2.76. The number of carboxylic acid groups (broad SMARTS) is 1. The SMILES string of the molecule is Cc1nnc(C(C)C)n1C1CCN(C(=O)[C@]23CCC[C@@H]2[C@H]2CCC4[C@@]5(C)CC[C@H](OC(=O)CC(C)(C)C(=O)O)[C@H](C)C5CC[C@@]4(C)[C@]2(C)CC3)CC1. The average molecular weight is 721 g/mol. The number of hydrogen-bond donors (Lipinski definition) is 1. The maximum absolute atomic E-state index is 14.9. The van der Waals surface area contributed by atoms with Crippen LogP contribution in [0.15, 0.2) is 0 Å². The van der Waals surface area contributed by atoms with E-state index in [4.69, 9.17) is 4.74 Å². The summed E-state index contributed by atoms with van der Waals surface area (Å²) < 4.78 is 8.43. The molecule has 1 aromatic rings. The van der Waals surface area contributed by atoms with Crippen LogP contribution in [0.2, 0.25) is 0 Å². The fourth-order valence-corrected chi connectivity index (χ4v) is 14.2. The zero-order valence-electron chi connectivity index (χ0n) is 33.8. The molecule has 0 aromatic carbocycles. The molecule has 6 aliphatic rings. The number of ether oxygens (including phenoxy) is 1. The second-order valence-corrected chi connectivity index (χ2v) is 20.3. The number of carboxylic acids is 1. The van der Waals surface area contributed by atoms with Gasteiger partial charge in [0.1, 0.15) is 17.8 Å². The molecule has 1 aliphatic heterocycles. The van der Waals surface area contributed by atoms with Crippen LogP contribution in [0.3, 0.4) is 0 Å². The van der Waals surface area contributed by atoms with E-state index in [1.54, 1.807) is 13.8 Å². The van der Waals surface area contributed by atoms with Crippen LogP contribution in [0.5, 0.6) is 0 Å². The van der Waals surface area contributed by atoms with Crippen LogP contribution in [0.4, 0.5) is 0 Å². The van der Waals surface area contributed by atoms with Crippen LogP contribution in [-0.2, 0) is 19.1 Å². The first kappa shape index (κ1) is 37.8. The van der Waals surface area contributed by atoms with E-state index < -0.39 is 11.4 Å². The Morgan fingerprint density at radius 1 is 0.865 bits per heavy atom. The van der Waals surface area contributed by atoms with Crippen molar-refractivity contribution in [3.63, 3.8) is 0 Å². The van der Waals surface area contributed by atoms with Gasteiger partial charge < -0.3 is 19.3 Å². The van der Waals surface area contributed by atoms with Crippen LogP contribution in [0, 0.1) is 63.6 Å². The number of hydrogen-bond acceptors (Lipinski definition) is 6. The number of fused-ring (bicyclic) bond motifs is 7. The number of esters is 1. The fourth-order valence-electron chi connectivity index (χ4n) is 14.2. The van der Waals surface area contributed by atoms with E-state index in [-0.39, 0.29) is 46.1 Å². The van der Waals surface area contributed by atoms with Crippen molar-refractivity contribution in [1.29, 1.82) is 0 Å². The van der Waals surface area contributed by atoms with Crippen LogP contribution in [0.25, 0.3) is 0 Å². The summed E-state index contributed by atoms with van der Waals surface area (Å²) in [5.41, 5.74) is -0.700. The Labute approximate surface area is 312 Å². The number of aliphatic carboxylic acids is 1. The summed E-state index contributed by atoms with van der Waals surface area (Å²) in [5, 5.41) is 18.5. The molecule has 9 nitrogen and oxygen atoms in total. The molecule has 2 unspecified atom stereocenters. The zero-order valence-corrected chi connectivity index (χ0v) is 33.8. The Hall–Kier alpha value is -2.45. The third-order valence-electron chi connectivity index (χ3n) is 17.3. The highest BCUT2D eigenvalue weighted by molar-refractivity contribution is 5.84. The lowest BCUT2D eigenvalue weighted by molar-refractivity contribution is -0.235. The number of aromatic nitrogens is 3. The number of nitrogens with zero attached hydrogens (tertiary/aromatic N) is 4. The third-order valence-corrected chi connectivity index (χ3v) is 17.3. The Bertz CT molecular complexity index is 1560. The minimum absolute atomic E-state index is 0.0978. The van der Waals surface area contributed by atoms with E-state index in [9.17, 15) is 19.5 Å². The number of aryl methyl sites for hydroxylation is 1. The lowest BCUT2D eigenvalue weighted by Crippen LogP contribution is -2.66. The van der Waals surface area contributed by atoms with Gasteiger partial charge in [0.05, 0.1) is 17.3 Å². The van der Waals surface area contributed by atoms with Crippen molar-refractivity contribution in [2.45, 2.75) is 170 Å². The molecule has 1 N–H and O–H groups in total. The van der Waals surface area contributed by atoms with Gasteiger partial charge in [0.25, 0.3) is 0 Å². The van der Waals surface area contributed by atoms with Crippen molar-refractivity contribution in [3.8, 4) is 0 Å². The van der Waals surface area contributed by atoms with E-state index >= 15 is 0 Å². The molecular weight excluding hydrogens is 652 g/mol. The molecule has 1 amide bonds. The van der Waals surface area contributed by atoms with Crippen LogP contribution in [0.1, 0.15) is 169 Å². The van der Waals surface area contributed by atoms with E-state index in [0.717, 1.165) is 76.1 Å². The maximum Gasteiger partial charge on any atom is 0.309 e. The molecule has 10 atom stereocenters. The number of amides is 1. The van der Waals surface area contributed by atoms with Gasteiger partial charge in [-0.05, 0) is 144 Å². The highest BCUT2D eigenvalue weighted by atomic mass is 16.5. The Morgan fingerprint density at radius 3 is 2.25 bits per heavy atom. The van der Waals surface area contributed by atoms with Gasteiger partial charge >= 0.3 is 11.9 Å². The average Bonchev–Trinajstić information content (AvgIpc) is 3.70. The maximum atomic E-state index is 14.9. The summed E-state index contributed by atoms with van der Waals surface area (Å²) in [4.78, 5) is 41.7. The molecule has 1 saturated heterocycles. The van der Waals surface area contributed by atoms with Gasteiger partial charge in [0.15, 0.2) is 0 Å². The normalized spacial score (nSPS) is 40.8. The number of carbonyl (C=O) groups is 3. The van der Waals surface area contributed by atoms with Gasteiger partial charge in [-0.25, -0.2) is 0 Å². The van der Waals surface area contributed by atoms with Crippen molar-refractivity contribution in [2.24, 2.45) is 56.7 Å². The van der Waals surface area contributed by atoms with Gasteiger partial charge in [0.2, 0.25) is 5.91 Å². The molecular formula is C43H68N4O5. The highest BCUT2D eigenvalue weighted by Gasteiger charge is 2.70. The van der Waals surface area contributed by atoms with Crippen molar-refractivity contribution in [2.75, 3.05) is 13.1 Å². The molecule has 1 aromatic heterocycles. The quantitative estimate of drug-likeness (QED) is 0.280. The summed E-state index contributed by atoms with van der Waals surface area (Å²) in [7, 11) is 0. The molecule has 5 saturated carbocycles. The molecule has 0 bridgehead atoms. The minimum Gasteiger partial charge on any atom is -0.481 e. The second-order valence-electron chi connectivity index (χ2n) is 20.3. The van der Waals surface area contributed by atoms with Crippen molar-refractivity contribution >= 4 is 17.8 Å². The monoisotopic (exact) mass is 721 g/mol. The summed E-state index contributed by atoms with van der Waals surface area (Å²) >= 11 is 0. The Morgan fingerprint density at radius 2 is 1.58 bits per heavy atom. The third kappa shape index (κ3) is 5.61. The standard InChI is InChI=1S/C43H68N4O5/c1-26(2)36-45-44-28(4)47(36)29-16-23-46(24-17-29)37(49)43-18-10-11-32(43)31-12-13-34-40(7)19-15-33(52-35(48)25-39(5,6)38(50)51)27(3)30(40)14-20-42(34,9)41(31,8)21-22-43/h26-27,29-34H,10-25H2,1-9H3,(H,50,51)/t27-,30?,31-,32-,33+,34?,40+,41-,42-,43+/m1/s1. The lowest BCUT2D eigenvalue weighted by Gasteiger charge is -2.71. The van der Waals surface area contributed by atoms with Crippen LogP contribution < -0.4 is 0 Å². The largest absolute Gasteiger partial charge is 0.481 e. The smallest absolute Gasteiger partial charge is 0.309 e. The molecule has 2 heterocycles. The van der Waals surface area contributed by atoms with Crippen molar-refractivity contribution in [1.82, 2.24) is 19.7 Å². The van der Waals surface area contributed by atoms with E-state index in [1.807, 2.05) is 0 Å². The topological polar surface area (TPSA) is 115 Å². The molecule has 5 aliphatic carbocycles. The van der Waals surface area contributed by atoms with Gasteiger partial charge in [-0.1, -0.05) is 48.0 Å². The minimum atomic E-state index is -1.13. The first-order chi connectivity index (χ1) is 24.4. The van der Waals surface area contributed by atoms with Gasteiger partial charge in [0, 0.05) is 25.0 Å². The summed E-state index contributed by atoms with van der Waals surface area (Å²) in [6.07, 6.45) is 14.0. The Kier molecular flexibility index (Phi) is 9.53. The first-order valence-electron chi connectivity index (χ1n) is 21.0. The predicted molar refractivity (Wildman–Crippen MR) is 200 cm³/mol. The number of carbonyl (C=O) groups excluding carboxylic acids is 2. The van der Waals surface area contributed by atoms with Crippen LogP contribution in [-0.4, -0.2) is 61.8 Å². The molecule has 52 heavy (non-hydrogen) atoms. The molecule has 6 fully saturated rings. The number of rotatable bonds is 7. The molecule has 0 radical (unpaired) electrons. The van der Waals surface area contributed by atoms with Crippen LogP contribution >= 0.6 is 0 Å². The van der Waals surface area contributed by atoms with E-state index in [1.165, 1.54) is 32.1 Å². The van der Waals surface area contributed by atoms with Crippen molar-refractivity contribution < 1.29 is 24.2 Å². The Balaban J connectivity index is 1.05. The van der Waals surface area contributed by atoms with Crippen molar-refractivity contribution in [3.05, 3.63) is 11.6 Å². The lowest BCUT2D eigenvalue weighted by atomic mass is 9.33. The summed E-state index contributed by atoms with van der Waals surface area (Å²) in [6, 6.07) is 0.364.